The number of anilines is 1. The number of rotatable bonds is 6. The lowest BCUT2D eigenvalue weighted by molar-refractivity contribution is -0.242. The van der Waals surface area contributed by atoms with E-state index >= 15 is 0 Å². The Labute approximate surface area is 176 Å². The number of aliphatic hydroxyl groups is 1. The van der Waals surface area contributed by atoms with E-state index in [0.29, 0.717) is 6.54 Å². The van der Waals surface area contributed by atoms with Gasteiger partial charge in [0.25, 0.3) is 5.91 Å². The van der Waals surface area contributed by atoms with Crippen molar-refractivity contribution in [3.63, 3.8) is 0 Å². The Hall–Kier alpha value is -1.73. The van der Waals surface area contributed by atoms with Gasteiger partial charge in [0.2, 0.25) is 15.4 Å². The van der Waals surface area contributed by atoms with Crippen LogP contribution >= 0.6 is 11.6 Å². The standard InChI is InChI=1S/C17H21ClF3N3O5S/c1-10(25)12-9-22-7-8-24(12)15(18)30(28,29)13-6-4-3-5-11(13)23-14(26)16(2,27)17(19,20)21/h3-6,12,15,22,27H,7-9H2,1-2H3,(H,23,26)/t12-,15-,16-/m1/s1. The molecule has 0 bridgehead atoms. The van der Waals surface area contributed by atoms with E-state index in [2.05, 4.69) is 5.32 Å². The molecule has 1 fully saturated rings. The highest BCUT2D eigenvalue weighted by molar-refractivity contribution is 7.93. The second-order valence-electron chi connectivity index (χ2n) is 6.93. The Morgan fingerprint density at radius 2 is 1.93 bits per heavy atom. The molecule has 3 atom stereocenters. The lowest BCUT2D eigenvalue weighted by Crippen LogP contribution is -2.58. The van der Waals surface area contributed by atoms with Gasteiger partial charge in [-0.3, -0.25) is 14.5 Å². The number of benzene rings is 1. The summed E-state index contributed by atoms with van der Waals surface area (Å²) in [6, 6.07) is 3.91. The molecule has 1 heterocycles. The van der Waals surface area contributed by atoms with Crippen LogP contribution in [0.3, 0.4) is 0 Å². The molecule has 1 saturated heterocycles. The minimum Gasteiger partial charge on any atom is -0.373 e. The molecule has 168 valence electrons. The number of carbonyl (C=O) groups is 2. The first-order valence-corrected chi connectivity index (χ1v) is 10.7. The van der Waals surface area contributed by atoms with E-state index in [1.165, 1.54) is 24.0 Å². The molecule has 0 spiro atoms. The molecule has 1 aliphatic rings. The van der Waals surface area contributed by atoms with Gasteiger partial charge in [0.05, 0.1) is 16.6 Å². The number of Topliss-reactive ketones (excluding diaryl/α,β-unsaturated/α-hetero) is 1. The third-order valence-corrected chi connectivity index (χ3v) is 7.41. The predicted octanol–water partition coefficient (Wildman–Crippen LogP) is 1.10. The Kier molecular flexibility index (Phi) is 7.19. The number of para-hydroxylation sites is 1. The number of sulfone groups is 1. The van der Waals surface area contributed by atoms with Crippen LogP contribution in [0.25, 0.3) is 0 Å². The van der Waals surface area contributed by atoms with Crippen LogP contribution in [0.4, 0.5) is 18.9 Å². The van der Waals surface area contributed by atoms with Gasteiger partial charge in [-0.15, -0.1) is 0 Å². The van der Waals surface area contributed by atoms with Crippen molar-refractivity contribution in [1.29, 1.82) is 0 Å². The zero-order valence-electron chi connectivity index (χ0n) is 16.0. The number of amides is 1. The van der Waals surface area contributed by atoms with Crippen LogP contribution in [0.5, 0.6) is 0 Å². The SMILES string of the molecule is CC(=O)[C@H]1CNCCN1[C@@H](Cl)S(=O)(=O)c1ccccc1NC(=O)[C@@](C)(O)C(F)(F)F. The van der Waals surface area contributed by atoms with Crippen LogP contribution in [-0.4, -0.2) is 72.4 Å². The predicted molar refractivity (Wildman–Crippen MR) is 103 cm³/mol. The maximum Gasteiger partial charge on any atom is 0.426 e. The highest BCUT2D eigenvalue weighted by Crippen LogP contribution is 2.33. The quantitative estimate of drug-likeness (QED) is 0.420. The summed E-state index contributed by atoms with van der Waals surface area (Å²) in [5, 5.41) is 14.3. The maximum absolute atomic E-state index is 13.1. The van der Waals surface area contributed by atoms with Crippen LogP contribution in [0.15, 0.2) is 29.2 Å². The minimum atomic E-state index is -5.28. The fraction of sp³-hybridized carbons (Fsp3) is 0.529. The van der Waals surface area contributed by atoms with Crippen LogP contribution < -0.4 is 10.6 Å². The van der Waals surface area contributed by atoms with E-state index in [-0.39, 0.29) is 25.8 Å². The molecular formula is C17H21ClF3N3O5S. The van der Waals surface area contributed by atoms with Gasteiger partial charge in [-0.05, 0) is 26.0 Å². The summed E-state index contributed by atoms with van der Waals surface area (Å²) in [6.45, 7) is 2.22. The van der Waals surface area contributed by atoms with Crippen molar-refractivity contribution in [1.82, 2.24) is 10.2 Å². The van der Waals surface area contributed by atoms with Gasteiger partial charge in [-0.2, -0.15) is 13.2 Å². The largest absolute Gasteiger partial charge is 0.426 e. The van der Waals surface area contributed by atoms with Crippen molar-refractivity contribution in [2.24, 2.45) is 0 Å². The molecule has 1 aromatic carbocycles. The summed E-state index contributed by atoms with van der Waals surface area (Å²) in [5.41, 5.74) is -4.23. The summed E-state index contributed by atoms with van der Waals surface area (Å²) in [5.74, 6) is -2.17. The van der Waals surface area contributed by atoms with Crippen molar-refractivity contribution in [3.05, 3.63) is 24.3 Å². The smallest absolute Gasteiger partial charge is 0.373 e. The van der Waals surface area contributed by atoms with E-state index in [0.717, 1.165) is 12.1 Å². The van der Waals surface area contributed by atoms with Crippen LogP contribution in [0.1, 0.15) is 13.8 Å². The van der Waals surface area contributed by atoms with E-state index in [1.807, 2.05) is 5.32 Å². The number of halogens is 4. The highest BCUT2D eigenvalue weighted by Gasteiger charge is 2.56. The normalized spacial score (nSPS) is 21.5. The van der Waals surface area contributed by atoms with E-state index in [9.17, 15) is 36.3 Å². The monoisotopic (exact) mass is 471 g/mol. The summed E-state index contributed by atoms with van der Waals surface area (Å²) in [4.78, 5) is 22.9. The van der Waals surface area contributed by atoms with Gasteiger partial charge in [-0.1, -0.05) is 23.7 Å². The lowest BCUT2D eigenvalue weighted by Gasteiger charge is -2.37. The van der Waals surface area contributed by atoms with E-state index in [4.69, 9.17) is 11.6 Å². The van der Waals surface area contributed by atoms with Crippen molar-refractivity contribution in [2.75, 3.05) is 25.0 Å². The third kappa shape index (κ3) is 4.78. The van der Waals surface area contributed by atoms with Gasteiger partial charge in [0.1, 0.15) is 5.78 Å². The topological polar surface area (TPSA) is 116 Å². The Morgan fingerprint density at radius 3 is 2.50 bits per heavy atom. The molecule has 0 radical (unpaired) electrons. The molecule has 0 aliphatic carbocycles. The van der Waals surface area contributed by atoms with Crippen molar-refractivity contribution in [2.45, 2.75) is 41.4 Å². The van der Waals surface area contributed by atoms with Gasteiger partial charge in [-0.25, -0.2) is 8.42 Å². The molecule has 0 unspecified atom stereocenters. The number of ketones is 1. The van der Waals surface area contributed by atoms with Crippen molar-refractivity contribution >= 4 is 38.8 Å². The molecule has 2 rings (SSSR count). The molecule has 8 nitrogen and oxygen atoms in total. The summed E-state index contributed by atoms with van der Waals surface area (Å²) in [6.07, 6.45) is -5.28. The van der Waals surface area contributed by atoms with Crippen molar-refractivity contribution < 1.29 is 36.3 Å². The fourth-order valence-electron chi connectivity index (χ4n) is 2.81. The maximum atomic E-state index is 13.1. The molecule has 13 heteroatoms. The number of hydrogen-bond donors (Lipinski definition) is 3. The Balaban J connectivity index is 2.40. The van der Waals surface area contributed by atoms with Crippen LogP contribution in [-0.2, 0) is 19.4 Å². The number of nitrogens with one attached hydrogen (secondary N) is 2. The number of carbonyl (C=O) groups excluding carboxylic acids is 2. The second-order valence-corrected chi connectivity index (χ2v) is 9.57. The zero-order chi connectivity index (χ0) is 22.9. The van der Waals surface area contributed by atoms with E-state index < -0.39 is 49.0 Å². The minimum absolute atomic E-state index is 0.134. The Morgan fingerprint density at radius 1 is 1.33 bits per heavy atom. The Bertz CT molecular complexity index is 923. The number of piperazine rings is 1. The molecule has 1 aliphatic heterocycles. The number of alkyl halides is 4. The van der Waals surface area contributed by atoms with Gasteiger partial charge < -0.3 is 15.7 Å². The molecule has 30 heavy (non-hydrogen) atoms. The van der Waals surface area contributed by atoms with Crippen LogP contribution in [0.2, 0.25) is 0 Å². The average Bonchev–Trinajstić information content (AvgIpc) is 2.66. The molecular weight excluding hydrogens is 451 g/mol. The first-order chi connectivity index (χ1) is 13.7. The summed E-state index contributed by atoms with van der Waals surface area (Å²) in [7, 11) is -4.43. The summed E-state index contributed by atoms with van der Waals surface area (Å²) >= 11 is 6.21. The molecule has 3 N–H and O–H groups in total. The average molecular weight is 472 g/mol. The number of nitrogens with zero attached hydrogens (tertiary/aromatic N) is 1. The molecule has 1 amide bonds. The first-order valence-electron chi connectivity index (χ1n) is 8.75. The number of hydrogen-bond acceptors (Lipinski definition) is 7. The zero-order valence-corrected chi connectivity index (χ0v) is 17.6. The van der Waals surface area contributed by atoms with Crippen molar-refractivity contribution in [3.8, 4) is 0 Å². The lowest BCUT2D eigenvalue weighted by atomic mass is 10.1. The van der Waals surface area contributed by atoms with Gasteiger partial charge in [0, 0.05) is 19.6 Å². The molecule has 0 aromatic heterocycles. The first kappa shape index (κ1) is 24.5. The summed E-state index contributed by atoms with van der Waals surface area (Å²) < 4.78 is 65.0. The second kappa shape index (κ2) is 8.79. The van der Waals surface area contributed by atoms with Crippen LogP contribution in [0, 0.1) is 0 Å². The fourth-order valence-corrected chi connectivity index (χ4v) is 4.85. The third-order valence-electron chi connectivity index (χ3n) is 4.71. The van der Waals surface area contributed by atoms with Gasteiger partial charge in [0.15, 0.2) is 4.83 Å². The van der Waals surface area contributed by atoms with E-state index in [1.54, 1.807) is 0 Å². The van der Waals surface area contributed by atoms with Gasteiger partial charge >= 0.3 is 6.18 Å². The molecule has 1 aromatic rings. The highest BCUT2D eigenvalue weighted by atomic mass is 35.5. The molecule has 0 saturated carbocycles.